The Morgan fingerprint density at radius 3 is 2.68 bits per heavy atom. The van der Waals surface area contributed by atoms with Gasteiger partial charge in [0.05, 0.1) is 11.7 Å². The van der Waals surface area contributed by atoms with Crippen LogP contribution in [-0.2, 0) is 6.42 Å². The van der Waals surface area contributed by atoms with Gasteiger partial charge in [0, 0.05) is 6.54 Å². The maximum absolute atomic E-state index is 6.37. The van der Waals surface area contributed by atoms with Gasteiger partial charge in [0.1, 0.15) is 11.9 Å². The molecule has 116 valence electrons. The van der Waals surface area contributed by atoms with Gasteiger partial charge in [0.25, 0.3) is 0 Å². The summed E-state index contributed by atoms with van der Waals surface area (Å²) in [6.45, 7) is 10.2. The Hall–Kier alpha value is -1.70. The molecule has 0 N–H and O–H groups in total. The summed E-state index contributed by atoms with van der Waals surface area (Å²) < 4.78 is 6.37. The summed E-state index contributed by atoms with van der Waals surface area (Å²) in [5.41, 5.74) is 5.75. The van der Waals surface area contributed by atoms with Crippen LogP contribution in [0.1, 0.15) is 44.7 Å². The summed E-state index contributed by atoms with van der Waals surface area (Å²) in [4.78, 5) is 2.56. The Balaban J connectivity index is 1.78. The zero-order chi connectivity index (χ0) is 15.4. The average molecular weight is 295 g/mol. The number of anilines is 1. The number of rotatable bonds is 2. The predicted molar refractivity (Wildman–Crippen MR) is 91.8 cm³/mol. The van der Waals surface area contributed by atoms with E-state index in [2.05, 4.69) is 63.0 Å². The van der Waals surface area contributed by atoms with Crippen molar-refractivity contribution >= 4 is 5.69 Å². The van der Waals surface area contributed by atoms with E-state index in [0.717, 1.165) is 18.7 Å². The van der Waals surface area contributed by atoms with E-state index in [-0.39, 0.29) is 6.10 Å². The highest BCUT2D eigenvalue weighted by atomic mass is 16.5. The quantitative estimate of drug-likeness (QED) is 0.799. The molecule has 0 spiro atoms. The highest BCUT2D eigenvalue weighted by Crippen LogP contribution is 2.47. The van der Waals surface area contributed by atoms with Gasteiger partial charge in [-0.25, -0.2) is 0 Å². The third-order valence-corrected chi connectivity index (χ3v) is 5.26. The van der Waals surface area contributed by atoms with Crippen molar-refractivity contribution in [2.75, 3.05) is 11.4 Å². The molecule has 4 rings (SSSR count). The SMILES string of the molecule is CC(C)C1=CC2Oc3ccc(C(C)C)c4c3N(CC4)C2C=C1. The van der Waals surface area contributed by atoms with E-state index >= 15 is 0 Å². The Labute approximate surface area is 133 Å². The first-order chi connectivity index (χ1) is 10.6. The van der Waals surface area contributed by atoms with E-state index in [1.807, 2.05) is 0 Å². The van der Waals surface area contributed by atoms with E-state index < -0.39 is 0 Å². The van der Waals surface area contributed by atoms with E-state index in [4.69, 9.17) is 4.74 Å². The van der Waals surface area contributed by atoms with Gasteiger partial charge in [0.15, 0.2) is 0 Å². The zero-order valence-corrected chi connectivity index (χ0v) is 14.0. The summed E-state index contributed by atoms with van der Waals surface area (Å²) in [6, 6.07) is 4.82. The van der Waals surface area contributed by atoms with Gasteiger partial charge in [-0.15, -0.1) is 0 Å². The zero-order valence-electron chi connectivity index (χ0n) is 14.0. The van der Waals surface area contributed by atoms with Crippen LogP contribution < -0.4 is 9.64 Å². The minimum Gasteiger partial charge on any atom is -0.482 e. The second-order valence-corrected chi connectivity index (χ2v) is 7.33. The lowest BCUT2D eigenvalue weighted by Crippen LogP contribution is -2.48. The van der Waals surface area contributed by atoms with Gasteiger partial charge in [0.2, 0.25) is 0 Å². The molecule has 1 aliphatic carbocycles. The number of benzene rings is 1. The number of hydrogen-bond acceptors (Lipinski definition) is 2. The highest BCUT2D eigenvalue weighted by Gasteiger charge is 2.40. The largest absolute Gasteiger partial charge is 0.482 e. The van der Waals surface area contributed by atoms with Crippen LogP contribution in [0.5, 0.6) is 5.75 Å². The van der Waals surface area contributed by atoms with Crippen molar-refractivity contribution in [2.24, 2.45) is 5.92 Å². The molecule has 3 aliphatic rings. The van der Waals surface area contributed by atoms with Crippen LogP contribution in [0.25, 0.3) is 0 Å². The van der Waals surface area contributed by atoms with E-state index in [1.165, 1.54) is 22.4 Å². The average Bonchev–Trinajstić information content (AvgIpc) is 2.93. The molecule has 22 heavy (non-hydrogen) atoms. The van der Waals surface area contributed by atoms with Crippen LogP contribution in [-0.4, -0.2) is 18.7 Å². The third-order valence-electron chi connectivity index (χ3n) is 5.26. The minimum atomic E-state index is 0.158. The molecule has 0 fully saturated rings. The normalized spacial score (nSPS) is 25.2. The molecule has 0 saturated heterocycles. The summed E-state index contributed by atoms with van der Waals surface area (Å²) in [5.74, 6) is 2.21. The van der Waals surface area contributed by atoms with E-state index in [0.29, 0.717) is 17.9 Å². The van der Waals surface area contributed by atoms with Gasteiger partial charge in [-0.2, -0.15) is 0 Å². The fourth-order valence-electron chi connectivity index (χ4n) is 4.07. The lowest BCUT2D eigenvalue weighted by atomic mass is 9.90. The van der Waals surface area contributed by atoms with E-state index in [1.54, 1.807) is 0 Å². The molecule has 2 atom stereocenters. The Kier molecular flexibility index (Phi) is 3.11. The van der Waals surface area contributed by atoms with Crippen molar-refractivity contribution in [2.45, 2.75) is 52.2 Å². The first-order valence-corrected chi connectivity index (χ1v) is 8.55. The number of ether oxygens (including phenoxy) is 1. The molecule has 2 heteroatoms. The maximum atomic E-state index is 6.37. The van der Waals surface area contributed by atoms with Crippen molar-refractivity contribution < 1.29 is 4.74 Å². The molecule has 0 saturated carbocycles. The van der Waals surface area contributed by atoms with Crippen molar-refractivity contribution in [1.82, 2.24) is 0 Å². The van der Waals surface area contributed by atoms with Crippen LogP contribution in [0, 0.1) is 5.92 Å². The Morgan fingerprint density at radius 2 is 1.95 bits per heavy atom. The van der Waals surface area contributed by atoms with Crippen LogP contribution in [0.15, 0.2) is 35.9 Å². The van der Waals surface area contributed by atoms with Gasteiger partial charge in [-0.1, -0.05) is 45.9 Å². The molecule has 1 aromatic carbocycles. The minimum absolute atomic E-state index is 0.158. The van der Waals surface area contributed by atoms with E-state index in [9.17, 15) is 0 Å². The van der Waals surface area contributed by atoms with Crippen molar-refractivity contribution in [1.29, 1.82) is 0 Å². The standard InChI is InChI=1S/C20H25NO/c1-12(2)14-5-7-17-19(11-14)22-18-8-6-15(13(3)4)16-9-10-21(17)20(16)18/h5-8,11-13,17,19H,9-10H2,1-4H3. The van der Waals surface area contributed by atoms with Gasteiger partial charge in [-0.05, 0) is 47.1 Å². The first-order valence-electron chi connectivity index (χ1n) is 8.55. The molecule has 2 unspecified atom stereocenters. The second-order valence-electron chi connectivity index (χ2n) is 7.33. The van der Waals surface area contributed by atoms with Crippen LogP contribution in [0.4, 0.5) is 5.69 Å². The first kappa shape index (κ1) is 13.9. The molecule has 0 aromatic heterocycles. The van der Waals surface area contributed by atoms with Gasteiger partial charge < -0.3 is 9.64 Å². The Morgan fingerprint density at radius 1 is 1.14 bits per heavy atom. The molecule has 2 aliphatic heterocycles. The van der Waals surface area contributed by atoms with Crippen LogP contribution >= 0.6 is 0 Å². The summed E-state index contributed by atoms with van der Waals surface area (Å²) in [5, 5.41) is 0. The van der Waals surface area contributed by atoms with Gasteiger partial charge >= 0.3 is 0 Å². The molecular weight excluding hydrogens is 270 g/mol. The fourth-order valence-corrected chi connectivity index (χ4v) is 4.07. The van der Waals surface area contributed by atoms with Crippen LogP contribution in [0.2, 0.25) is 0 Å². The number of allylic oxidation sites excluding steroid dienone is 2. The smallest absolute Gasteiger partial charge is 0.143 e. The molecule has 0 amide bonds. The molecule has 1 aromatic rings. The molecule has 2 nitrogen and oxygen atoms in total. The van der Waals surface area contributed by atoms with Crippen LogP contribution in [0.3, 0.4) is 0 Å². The number of nitrogens with zero attached hydrogens (tertiary/aromatic N) is 1. The molecule has 0 bridgehead atoms. The number of fused-ring (bicyclic) bond motifs is 2. The summed E-state index contributed by atoms with van der Waals surface area (Å²) in [6.07, 6.45) is 8.28. The molecule has 2 heterocycles. The lowest BCUT2D eigenvalue weighted by molar-refractivity contribution is 0.212. The number of hydrogen-bond donors (Lipinski definition) is 0. The summed E-state index contributed by atoms with van der Waals surface area (Å²) >= 11 is 0. The maximum Gasteiger partial charge on any atom is 0.143 e. The monoisotopic (exact) mass is 295 g/mol. The van der Waals surface area contributed by atoms with Gasteiger partial charge in [-0.3, -0.25) is 0 Å². The highest BCUT2D eigenvalue weighted by molar-refractivity contribution is 5.72. The molecular formula is C20H25NO. The van der Waals surface area contributed by atoms with Crippen molar-refractivity contribution in [3.63, 3.8) is 0 Å². The predicted octanol–water partition coefficient (Wildman–Crippen LogP) is 4.45. The lowest BCUT2D eigenvalue weighted by Gasteiger charge is -2.41. The Bertz CT molecular complexity index is 669. The second kappa shape index (κ2) is 4.91. The topological polar surface area (TPSA) is 12.5 Å². The van der Waals surface area contributed by atoms with Crippen molar-refractivity contribution in [3.05, 3.63) is 47.1 Å². The van der Waals surface area contributed by atoms with Crippen molar-refractivity contribution in [3.8, 4) is 5.75 Å². The summed E-state index contributed by atoms with van der Waals surface area (Å²) in [7, 11) is 0. The fraction of sp³-hybridized carbons (Fsp3) is 0.500. The molecule has 0 radical (unpaired) electrons. The third kappa shape index (κ3) is 1.93.